The Kier molecular flexibility index (Phi) is 5.79. The molecule has 0 spiro atoms. The Hall–Kier alpha value is -1.26. The fourth-order valence-electron chi connectivity index (χ4n) is 3.83. The van der Waals surface area contributed by atoms with Crippen LogP contribution in [0.1, 0.15) is 36.0 Å². The van der Waals surface area contributed by atoms with Gasteiger partial charge in [0.1, 0.15) is 5.82 Å². The number of nitrogens with one attached hydrogen (secondary N) is 2. The van der Waals surface area contributed by atoms with Gasteiger partial charge in [0, 0.05) is 5.92 Å². The highest BCUT2D eigenvalue weighted by atomic mass is 19.1. The van der Waals surface area contributed by atoms with Crippen LogP contribution in [0.5, 0.6) is 0 Å². The molecule has 2 fully saturated rings. The van der Waals surface area contributed by atoms with Crippen molar-refractivity contribution in [3.05, 3.63) is 42.1 Å². The van der Waals surface area contributed by atoms with E-state index in [4.69, 9.17) is 0 Å². The third kappa shape index (κ3) is 4.18. The maximum atomic E-state index is 14.1. The highest BCUT2D eigenvalue weighted by Gasteiger charge is 2.33. The lowest BCUT2D eigenvalue weighted by molar-refractivity contribution is 0.0862. The molecular weight excluding hydrogens is 291 g/mol. The summed E-state index contributed by atoms with van der Waals surface area (Å²) in [5, 5.41) is 6.72. The van der Waals surface area contributed by atoms with E-state index >= 15 is 0 Å². The molecule has 0 amide bonds. The third-order valence-electron chi connectivity index (χ3n) is 5.20. The molecule has 2 aliphatic rings. The van der Waals surface area contributed by atoms with E-state index in [0.29, 0.717) is 11.8 Å². The molecule has 0 saturated carbocycles. The van der Waals surface area contributed by atoms with Crippen molar-refractivity contribution < 1.29 is 9.18 Å². The van der Waals surface area contributed by atoms with Gasteiger partial charge in [-0.15, -0.1) is 0 Å². The summed E-state index contributed by atoms with van der Waals surface area (Å²) in [6.45, 7) is 3.92. The number of Topliss-reactive ketones (excluding diaryl/α,β-unsaturated/α-hetero) is 1. The van der Waals surface area contributed by atoms with Gasteiger partial charge >= 0.3 is 0 Å². The van der Waals surface area contributed by atoms with Crippen LogP contribution in [0.2, 0.25) is 0 Å². The summed E-state index contributed by atoms with van der Waals surface area (Å²) < 4.78 is 14.1. The van der Waals surface area contributed by atoms with E-state index in [2.05, 4.69) is 17.1 Å². The summed E-state index contributed by atoms with van der Waals surface area (Å²) in [4.78, 5) is 13.0. The maximum Gasteiger partial charge on any atom is 0.169 e. The van der Waals surface area contributed by atoms with Crippen LogP contribution in [-0.2, 0) is 0 Å². The van der Waals surface area contributed by atoms with E-state index in [1.165, 1.54) is 6.07 Å². The van der Waals surface area contributed by atoms with Crippen molar-refractivity contribution in [3.63, 3.8) is 0 Å². The summed E-state index contributed by atoms with van der Waals surface area (Å²) in [5.74, 6) is 0.214. The predicted octanol–water partition coefficient (Wildman–Crippen LogP) is 2.83. The van der Waals surface area contributed by atoms with Crippen LogP contribution in [0.15, 0.2) is 24.3 Å². The van der Waals surface area contributed by atoms with Gasteiger partial charge in [-0.1, -0.05) is 12.1 Å². The molecule has 2 aliphatic heterocycles. The Morgan fingerprint density at radius 3 is 2.30 bits per heavy atom. The molecule has 4 heteroatoms. The second kappa shape index (κ2) is 8.02. The monoisotopic (exact) mass is 317 g/mol. The van der Waals surface area contributed by atoms with Crippen LogP contribution < -0.4 is 10.6 Å². The zero-order chi connectivity index (χ0) is 16.1. The number of hydrogen-bond donors (Lipinski definition) is 2. The Labute approximate surface area is 138 Å². The van der Waals surface area contributed by atoms with Crippen LogP contribution in [0.4, 0.5) is 4.39 Å². The van der Waals surface area contributed by atoms with Crippen LogP contribution in [-0.4, -0.2) is 32.0 Å². The first-order valence-electron chi connectivity index (χ1n) is 8.81. The largest absolute Gasteiger partial charge is 0.317 e. The van der Waals surface area contributed by atoms with Crippen LogP contribution in [0, 0.1) is 30.0 Å². The maximum absolute atomic E-state index is 14.1. The van der Waals surface area contributed by atoms with Crippen molar-refractivity contribution in [1.29, 1.82) is 0 Å². The first-order valence-corrected chi connectivity index (χ1v) is 8.81. The number of carbonyl (C=O) groups is 1. The molecule has 0 bridgehead atoms. The van der Waals surface area contributed by atoms with Crippen LogP contribution in [0.25, 0.3) is 0 Å². The van der Waals surface area contributed by atoms with Crippen molar-refractivity contribution >= 4 is 5.78 Å². The zero-order valence-electron chi connectivity index (χ0n) is 13.6. The molecule has 125 valence electrons. The summed E-state index contributed by atoms with van der Waals surface area (Å²) in [7, 11) is 0. The lowest BCUT2D eigenvalue weighted by Crippen LogP contribution is -2.38. The molecule has 1 radical (unpaired) electrons. The van der Waals surface area contributed by atoms with Crippen molar-refractivity contribution in [2.75, 3.05) is 26.2 Å². The van der Waals surface area contributed by atoms with Gasteiger partial charge in [-0.2, -0.15) is 0 Å². The van der Waals surface area contributed by atoms with Gasteiger partial charge < -0.3 is 10.6 Å². The minimum Gasteiger partial charge on any atom is -0.317 e. The van der Waals surface area contributed by atoms with Crippen LogP contribution >= 0.6 is 0 Å². The number of ketones is 1. The lowest BCUT2D eigenvalue weighted by atomic mass is 9.74. The smallest absolute Gasteiger partial charge is 0.169 e. The van der Waals surface area contributed by atoms with E-state index in [0.717, 1.165) is 51.9 Å². The first kappa shape index (κ1) is 16.6. The first-order chi connectivity index (χ1) is 11.3. The number of benzene rings is 1. The van der Waals surface area contributed by atoms with Crippen molar-refractivity contribution in [1.82, 2.24) is 10.6 Å². The Bertz CT molecular complexity index is 522. The summed E-state index contributed by atoms with van der Waals surface area (Å²) in [5.41, 5.74) is 0.251. The van der Waals surface area contributed by atoms with Gasteiger partial charge in [-0.25, -0.2) is 4.39 Å². The average molecular weight is 317 g/mol. The van der Waals surface area contributed by atoms with Crippen molar-refractivity contribution in [2.45, 2.75) is 25.7 Å². The molecule has 2 N–H and O–H groups in total. The fraction of sp³-hybridized carbons (Fsp3) is 0.579. The highest BCUT2D eigenvalue weighted by Crippen LogP contribution is 2.33. The van der Waals surface area contributed by atoms with E-state index in [1.807, 2.05) is 0 Å². The Morgan fingerprint density at radius 1 is 1.04 bits per heavy atom. The zero-order valence-corrected chi connectivity index (χ0v) is 13.6. The van der Waals surface area contributed by atoms with Gasteiger partial charge in [0.2, 0.25) is 0 Å². The number of halogens is 1. The Balaban J connectivity index is 1.78. The summed E-state index contributed by atoms with van der Waals surface area (Å²) in [6.07, 6.45) is 6.38. The predicted molar refractivity (Wildman–Crippen MR) is 89.7 cm³/mol. The van der Waals surface area contributed by atoms with E-state index in [1.54, 1.807) is 18.2 Å². The fourth-order valence-corrected chi connectivity index (χ4v) is 3.83. The van der Waals surface area contributed by atoms with Crippen molar-refractivity contribution in [3.8, 4) is 0 Å². The SMILES string of the molecule is O=C(c1ccccc1F)C([CH]C1CCNCC1)C1CCNCC1. The molecule has 0 aromatic heterocycles. The molecule has 3 rings (SSSR count). The number of carbonyl (C=O) groups excluding carboxylic acids is 1. The minimum absolute atomic E-state index is 0.0338. The van der Waals surface area contributed by atoms with E-state index < -0.39 is 5.82 Å². The van der Waals surface area contributed by atoms with Gasteiger partial charge in [-0.3, -0.25) is 4.79 Å². The van der Waals surface area contributed by atoms with E-state index in [-0.39, 0.29) is 17.3 Å². The van der Waals surface area contributed by atoms with Gasteiger partial charge in [0.15, 0.2) is 5.78 Å². The topological polar surface area (TPSA) is 41.1 Å². The lowest BCUT2D eigenvalue weighted by Gasteiger charge is -2.33. The summed E-state index contributed by atoms with van der Waals surface area (Å²) in [6, 6.07) is 6.40. The molecule has 1 aromatic carbocycles. The molecule has 23 heavy (non-hydrogen) atoms. The minimum atomic E-state index is -0.393. The Morgan fingerprint density at radius 2 is 1.65 bits per heavy atom. The number of rotatable bonds is 5. The van der Waals surface area contributed by atoms with E-state index in [9.17, 15) is 9.18 Å². The molecule has 1 aromatic rings. The van der Waals surface area contributed by atoms with Gasteiger partial charge in [-0.05, 0) is 82.3 Å². The summed E-state index contributed by atoms with van der Waals surface area (Å²) >= 11 is 0. The second-order valence-electron chi connectivity index (χ2n) is 6.74. The van der Waals surface area contributed by atoms with Gasteiger partial charge in [0.05, 0.1) is 5.56 Å². The number of hydrogen-bond acceptors (Lipinski definition) is 3. The number of piperidine rings is 2. The van der Waals surface area contributed by atoms with Crippen LogP contribution in [0.3, 0.4) is 0 Å². The molecule has 2 saturated heterocycles. The molecule has 2 heterocycles. The average Bonchev–Trinajstić information content (AvgIpc) is 2.61. The van der Waals surface area contributed by atoms with Gasteiger partial charge in [0.25, 0.3) is 0 Å². The quantitative estimate of drug-likeness (QED) is 0.821. The second-order valence-corrected chi connectivity index (χ2v) is 6.74. The highest BCUT2D eigenvalue weighted by molar-refractivity contribution is 5.99. The molecule has 1 atom stereocenters. The standard InChI is InChI=1S/C19H26FN2O/c20-18-4-2-1-3-16(18)19(23)17(15-7-11-22-12-8-15)13-14-5-9-21-10-6-14/h1-4,13-15,17,21-22H,5-12H2. The molecular formula is C19H26FN2O. The molecule has 1 unspecified atom stereocenters. The van der Waals surface area contributed by atoms with Crippen molar-refractivity contribution in [2.24, 2.45) is 17.8 Å². The third-order valence-corrected chi connectivity index (χ3v) is 5.20. The molecule has 3 nitrogen and oxygen atoms in total. The normalized spacial score (nSPS) is 22.0. The molecule has 0 aliphatic carbocycles.